The molecule has 0 amide bonds. The molecule has 0 radical (unpaired) electrons. The van der Waals surface area contributed by atoms with Gasteiger partial charge in [-0.2, -0.15) is 0 Å². The molecule has 0 saturated heterocycles. The molecule has 0 fully saturated rings. The van der Waals surface area contributed by atoms with Crippen LogP contribution in [0.5, 0.6) is 0 Å². The number of rotatable bonds is 2. The molecule has 2 rings (SSSR count). The van der Waals surface area contributed by atoms with Gasteiger partial charge in [0.25, 0.3) is 0 Å². The van der Waals surface area contributed by atoms with E-state index in [0.717, 1.165) is 14.3 Å². The molecule has 2 aromatic rings. The zero-order valence-corrected chi connectivity index (χ0v) is 11.2. The van der Waals surface area contributed by atoms with Gasteiger partial charge in [0.15, 0.2) is 4.34 Å². The summed E-state index contributed by atoms with van der Waals surface area (Å²) in [4.78, 5) is 4.55. The van der Waals surface area contributed by atoms with E-state index in [-0.39, 0.29) is 0 Å². The van der Waals surface area contributed by atoms with Gasteiger partial charge in [0.2, 0.25) is 0 Å². The van der Waals surface area contributed by atoms with Crippen LogP contribution in [0.1, 0.15) is 13.8 Å². The first-order chi connectivity index (χ1) is 6.65. The molecule has 1 heterocycles. The SMILES string of the molecule is CC(C)Sc1nc2ccc(Br)cc2s1. The molecule has 0 N–H and O–H groups in total. The lowest BCUT2D eigenvalue weighted by Gasteiger charge is -1.97. The van der Waals surface area contributed by atoms with Crippen LogP contribution in [0.15, 0.2) is 27.0 Å². The van der Waals surface area contributed by atoms with Gasteiger partial charge in [-0.25, -0.2) is 4.98 Å². The summed E-state index contributed by atoms with van der Waals surface area (Å²) in [6.07, 6.45) is 0. The first-order valence-electron chi connectivity index (χ1n) is 4.38. The van der Waals surface area contributed by atoms with Crippen molar-refractivity contribution in [2.45, 2.75) is 23.4 Å². The summed E-state index contributed by atoms with van der Waals surface area (Å²) in [7, 11) is 0. The van der Waals surface area contributed by atoms with Crippen molar-refractivity contribution in [3.63, 3.8) is 0 Å². The summed E-state index contributed by atoms with van der Waals surface area (Å²) in [6, 6.07) is 6.21. The van der Waals surface area contributed by atoms with Crippen LogP contribution < -0.4 is 0 Å². The second-order valence-electron chi connectivity index (χ2n) is 3.26. The summed E-state index contributed by atoms with van der Waals surface area (Å²) in [5.74, 6) is 0. The number of fused-ring (bicyclic) bond motifs is 1. The van der Waals surface area contributed by atoms with Crippen molar-refractivity contribution in [1.82, 2.24) is 4.98 Å². The van der Waals surface area contributed by atoms with Crippen LogP contribution in [0.25, 0.3) is 10.2 Å². The Morgan fingerprint density at radius 3 is 2.93 bits per heavy atom. The monoisotopic (exact) mass is 287 g/mol. The highest BCUT2D eigenvalue weighted by atomic mass is 79.9. The highest BCUT2D eigenvalue weighted by molar-refractivity contribution is 9.10. The van der Waals surface area contributed by atoms with Gasteiger partial charge in [0, 0.05) is 9.72 Å². The van der Waals surface area contributed by atoms with Gasteiger partial charge in [0.1, 0.15) is 0 Å². The Balaban J connectivity index is 2.41. The number of aromatic nitrogens is 1. The zero-order valence-electron chi connectivity index (χ0n) is 7.95. The fourth-order valence-electron chi connectivity index (χ4n) is 1.13. The molecule has 1 aromatic heterocycles. The van der Waals surface area contributed by atoms with E-state index in [9.17, 15) is 0 Å². The molecule has 0 aliphatic heterocycles. The van der Waals surface area contributed by atoms with Gasteiger partial charge in [0.05, 0.1) is 10.2 Å². The molecular weight excluding hydrogens is 278 g/mol. The summed E-state index contributed by atoms with van der Waals surface area (Å²) < 4.78 is 3.53. The normalized spacial score (nSPS) is 11.4. The minimum absolute atomic E-state index is 0.596. The van der Waals surface area contributed by atoms with E-state index in [2.05, 4.69) is 46.9 Å². The van der Waals surface area contributed by atoms with Crippen LogP contribution in [0.3, 0.4) is 0 Å². The van der Waals surface area contributed by atoms with Gasteiger partial charge in [-0.1, -0.05) is 41.5 Å². The molecular formula is C10H10BrNS2. The summed E-state index contributed by atoms with van der Waals surface area (Å²) in [5.41, 5.74) is 1.10. The minimum Gasteiger partial charge on any atom is -0.230 e. The van der Waals surface area contributed by atoms with Gasteiger partial charge in [-0.3, -0.25) is 0 Å². The fourth-order valence-corrected chi connectivity index (χ4v) is 3.97. The number of halogens is 1. The van der Waals surface area contributed by atoms with E-state index in [0.29, 0.717) is 5.25 Å². The number of thiazole rings is 1. The third-order valence-corrected chi connectivity index (χ3v) is 4.28. The topological polar surface area (TPSA) is 12.9 Å². The van der Waals surface area contributed by atoms with Gasteiger partial charge >= 0.3 is 0 Å². The van der Waals surface area contributed by atoms with Gasteiger partial charge < -0.3 is 0 Å². The van der Waals surface area contributed by atoms with Crippen molar-refractivity contribution in [1.29, 1.82) is 0 Å². The van der Waals surface area contributed by atoms with E-state index in [1.165, 1.54) is 4.70 Å². The lowest BCUT2D eigenvalue weighted by Crippen LogP contribution is -1.83. The Labute approximate surface area is 100 Å². The predicted octanol–water partition coefficient (Wildman–Crippen LogP) is 4.56. The summed E-state index contributed by atoms with van der Waals surface area (Å²) in [6.45, 7) is 4.37. The lowest BCUT2D eigenvalue weighted by atomic mass is 10.3. The highest BCUT2D eigenvalue weighted by Gasteiger charge is 2.06. The van der Waals surface area contributed by atoms with Crippen LogP contribution in [-0.4, -0.2) is 10.2 Å². The molecule has 0 bridgehead atoms. The molecule has 74 valence electrons. The Hall–Kier alpha value is -0.0600. The number of hydrogen-bond acceptors (Lipinski definition) is 3. The van der Waals surface area contributed by atoms with Crippen molar-refractivity contribution in [3.05, 3.63) is 22.7 Å². The maximum absolute atomic E-state index is 4.55. The molecule has 14 heavy (non-hydrogen) atoms. The average Bonchev–Trinajstić information content (AvgIpc) is 2.44. The minimum atomic E-state index is 0.596. The quantitative estimate of drug-likeness (QED) is 0.751. The number of benzene rings is 1. The third kappa shape index (κ3) is 2.30. The maximum atomic E-state index is 4.55. The Bertz CT molecular complexity index is 450. The summed E-state index contributed by atoms with van der Waals surface area (Å²) >= 11 is 7.05. The molecule has 0 aliphatic carbocycles. The van der Waals surface area contributed by atoms with E-state index >= 15 is 0 Å². The van der Waals surface area contributed by atoms with E-state index < -0.39 is 0 Å². The first kappa shape index (κ1) is 10.5. The zero-order chi connectivity index (χ0) is 10.1. The Kier molecular flexibility index (Phi) is 3.14. The van der Waals surface area contributed by atoms with Crippen LogP contribution in [0.4, 0.5) is 0 Å². The number of nitrogens with zero attached hydrogens (tertiary/aromatic N) is 1. The van der Waals surface area contributed by atoms with Crippen LogP contribution in [-0.2, 0) is 0 Å². The van der Waals surface area contributed by atoms with Crippen molar-refractivity contribution >= 4 is 49.2 Å². The standard InChI is InChI=1S/C10H10BrNS2/c1-6(2)13-10-12-8-4-3-7(11)5-9(8)14-10/h3-6H,1-2H3. The van der Waals surface area contributed by atoms with Crippen LogP contribution >= 0.6 is 39.0 Å². The molecule has 1 nitrogen and oxygen atoms in total. The lowest BCUT2D eigenvalue weighted by molar-refractivity contribution is 1.10. The molecule has 0 unspecified atom stereocenters. The van der Waals surface area contributed by atoms with Crippen molar-refractivity contribution in [2.24, 2.45) is 0 Å². The molecule has 0 atom stereocenters. The molecule has 0 saturated carbocycles. The average molecular weight is 288 g/mol. The second-order valence-corrected chi connectivity index (χ2v) is 7.03. The smallest absolute Gasteiger partial charge is 0.151 e. The predicted molar refractivity (Wildman–Crippen MR) is 68.3 cm³/mol. The fraction of sp³-hybridized carbons (Fsp3) is 0.300. The highest BCUT2D eigenvalue weighted by Crippen LogP contribution is 2.32. The molecule has 1 aromatic carbocycles. The maximum Gasteiger partial charge on any atom is 0.151 e. The molecule has 4 heteroatoms. The van der Waals surface area contributed by atoms with Gasteiger partial charge in [-0.15, -0.1) is 11.3 Å². The molecule has 0 spiro atoms. The summed E-state index contributed by atoms with van der Waals surface area (Å²) in [5, 5.41) is 0.596. The number of thioether (sulfide) groups is 1. The Morgan fingerprint density at radius 1 is 1.43 bits per heavy atom. The van der Waals surface area contributed by atoms with E-state index in [4.69, 9.17) is 0 Å². The van der Waals surface area contributed by atoms with Crippen LogP contribution in [0.2, 0.25) is 0 Å². The van der Waals surface area contributed by atoms with E-state index in [1.807, 2.05) is 17.8 Å². The van der Waals surface area contributed by atoms with Crippen LogP contribution in [0, 0.1) is 0 Å². The Morgan fingerprint density at radius 2 is 2.21 bits per heavy atom. The molecule has 0 aliphatic rings. The first-order valence-corrected chi connectivity index (χ1v) is 6.87. The van der Waals surface area contributed by atoms with E-state index in [1.54, 1.807) is 11.3 Å². The second kappa shape index (κ2) is 4.21. The van der Waals surface area contributed by atoms with Gasteiger partial charge in [-0.05, 0) is 18.2 Å². The van der Waals surface area contributed by atoms with Crippen molar-refractivity contribution in [2.75, 3.05) is 0 Å². The largest absolute Gasteiger partial charge is 0.230 e. The van der Waals surface area contributed by atoms with Crippen molar-refractivity contribution < 1.29 is 0 Å². The number of hydrogen-bond donors (Lipinski definition) is 0. The third-order valence-electron chi connectivity index (χ3n) is 1.67. The van der Waals surface area contributed by atoms with Crippen molar-refractivity contribution in [3.8, 4) is 0 Å².